The number of carbonyl (C=O) groups is 1. The third-order valence-corrected chi connectivity index (χ3v) is 4.64. The summed E-state index contributed by atoms with van der Waals surface area (Å²) in [4.78, 5) is 12.8. The highest BCUT2D eigenvalue weighted by atomic mass is 16.5. The van der Waals surface area contributed by atoms with Crippen LogP contribution in [0.15, 0.2) is 59.6 Å². The predicted molar refractivity (Wildman–Crippen MR) is 106 cm³/mol. The first-order chi connectivity index (χ1) is 14.0. The number of allylic oxidation sites excluding steroid dienone is 2. The zero-order valence-electron chi connectivity index (χ0n) is 16.8. The molecule has 7 nitrogen and oxygen atoms in total. The van der Waals surface area contributed by atoms with Crippen molar-refractivity contribution in [3.63, 3.8) is 0 Å². The molecule has 150 valence electrons. The second-order valence-electron chi connectivity index (χ2n) is 6.25. The number of methoxy groups -OCH3 is 2. The molecule has 0 saturated carbocycles. The Bertz CT molecular complexity index is 1010. The molecule has 1 atom stereocenters. The van der Waals surface area contributed by atoms with Gasteiger partial charge in [0.1, 0.15) is 28.9 Å². The standard InChI is InChI=1S/C22H22N2O5/c1-5-28-22(25)19-14(2)29-21(24-10-6-7-11-24)17(13-23)20(19)16-9-8-15(26-3)12-18(16)27-4/h6-12,20H,5H2,1-4H3/t20-/m0/s1. The Kier molecular flexibility index (Phi) is 5.93. The number of nitrogens with zero attached hydrogens (tertiary/aromatic N) is 2. The number of benzene rings is 1. The molecule has 0 bridgehead atoms. The zero-order valence-corrected chi connectivity index (χ0v) is 16.8. The summed E-state index contributed by atoms with van der Waals surface area (Å²) >= 11 is 0. The first-order valence-electron chi connectivity index (χ1n) is 9.10. The van der Waals surface area contributed by atoms with E-state index in [1.807, 2.05) is 12.1 Å². The fourth-order valence-corrected chi connectivity index (χ4v) is 3.34. The fraction of sp³-hybridized carbons (Fsp3) is 0.273. The van der Waals surface area contributed by atoms with Crippen LogP contribution in [0.4, 0.5) is 0 Å². The van der Waals surface area contributed by atoms with E-state index < -0.39 is 11.9 Å². The number of aromatic nitrogens is 1. The van der Waals surface area contributed by atoms with Crippen molar-refractivity contribution in [1.82, 2.24) is 4.57 Å². The average molecular weight is 394 g/mol. The molecule has 0 amide bonds. The molecule has 0 spiro atoms. The number of ether oxygens (including phenoxy) is 4. The van der Waals surface area contributed by atoms with Gasteiger partial charge in [0.15, 0.2) is 0 Å². The van der Waals surface area contributed by atoms with Crippen LogP contribution in [0.2, 0.25) is 0 Å². The molecule has 2 heterocycles. The van der Waals surface area contributed by atoms with Crippen molar-refractivity contribution >= 4 is 11.9 Å². The Morgan fingerprint density at radius 3 is 2.55 bits per heavy atom. The summed E-state index contributed by atoms with van der Waals surface area (Å²) in [5, 5.41) is 10.0. The van der Waals surface area contributed by atoms with Crippen molar-refractivity contribution in [3.05, 3.63) is 65.2 Å². The molecule has 0 saturated heterocycles. The summed E-state index contributed by atoms with van der Waals surface area (Å²) in [5.74, 6) is 0.549. The number of esters is 1. The van der Waals surface area contributed by atoms with Crippen LogP contribution in [-0.4, -0.2) is 31.4 Å². The van der Waals surface area contributed by atoms with Crippen LogP contribution in [0.5, 0.6) is 11.5 Å². The van der Waals surface area contributed by atoms with Gasteiger partial charge in [0.25, 0.3) is 0 Å². The van der Waals surface area contributed by atoms with E-state index in [0.29, 0.717) is 28.7 Å². The Balaban J connectivity index is 2.27. The van der Waals surface area contributed by atoms with Gasteiger partial charge < -0.3 is 18.9 Å². The summed E-state index contributed by atoms with van der Waals surface area (Å²) in [6.45, 7) is 3.62. The van der Waals surface area contributed by atoms with E-state index in [2.05, 4.69) is 6.07 Å². The van der Waals surface area contributed by atoms with Gasteiger partial charge in [0.2, 0.25) is 5.88 Å². The van der Waals surface area contributed by atoms with Crippen LogP contribution in [0.1, 0.15) is 25.3 Å². The number of rotatable bonds is 6. The Hall–Kier alpha value is -3.66. The van der Waals surface area contributed by atoms with E-state index in [9.17, 15) is 10.1 Å². The van der Waals surface area contributed by atoms with Crippen LogP contribution in [0, 0.1) is 11.3 Å². The first-order valence-corrected chi connectivity index (χ1v) is 9.10. The third kappa shape index (κ3) is 3.69. The Labute approximate surface area is 169 Å². The lowest BCUT2D eigenvalue weighted by atomic mass is 9.82. The minimum Gasteiger partial charge on any atom is -0.497 e. The van der Waals surface area contributed by atoms with Gasteiger partial charge in [-0.1, -0.05) is 6.07 Å². The first kappa shape index (κ1) is 20.1. The highest BCUT2D eigenvalue weighted by Gasteiger charge is 2.39. The highest BCUT2D eigenvalue weighted by molar-refractivity contribution is 5.93. The van der Waals surface area contributed by atoms with Crippen LogP contribution in [0.25, 0.3) is 5.88 Å². The molecule has 1 aromatic carbocycles. The Morgan fingerprint density at radius 1 is 1.24 bits per heavy atom. The summed E-state index contributed by atoms with van der Waals surface area (Å²) in [6.07, 6.45) is 3.55. The van der Waals surface area contributed by atoms with E-state index in [-0.39, 0.29) is 17.8 Å². The normalized spacial score (nSPS) is 16.2. The van der Waals surface area contributed by atoms with Crippen molar-refractivity contribution < 1.29 is 23.7 Å². The maximum absolute atomic E-state index is 12.8. The second-order valence-corrected chi connectivity index (χ2v) is 6.25. The monoisotopic (exact) mass is 394 g/mol. The third-order valence-electron chi connectivity index (χ3n) is 4.64. The number of hydrogen-bond acceptors (Lipinski definition) is 6. The van der Waals surface area contributed by atoms with Crippen LogP contribution in [0.3, 0.4) is 0 Å². The van der Waals surface area contributed by atoms with Gasteiger partial charge in [-0.15, -0.1) is 0 Å². The van der Waals surface area contributed by atoms with Gasteiger partial charge >= 0.3 is 5.97 Å². The number of nitriles is 1. The summed E-state index contributed by atoms with van der Waals surface area (Å²) in [5.41, 5.74) is 1.18. The zero-order chi connectivity index (χ0) is 21.0. The van der Waals surface area contributed by atoms with Crippen molar-refractivity contribution in [2.75, 3.05) is 20.8 Å². The quantitative estimate of drug-likeness (QED) is 0.692. The van der Waals surface area contributed by atoms with E-state index >= 15 is 0 Å². The summed E-state index contributed by atoms with van der Waals surface area (Å²) in [7, 11) is 3.09. The van der Waals surface area contributed by atoms with Gasteiger partial charge in [-0.25, -0.2) is 4.79 Å². The van der Waals surface area contributed by atoms with Gasteiger partial charge in [0, 0.05) is 24.0 Å². The topological polar surface area (TPSA) is 82.7 Å². The fourth-order valence-electron chi connectivity index (χ4n) is 3.34. The lowest BCUT2D eigenvalue weighted by Gasteiger charge is -2.29. The van der Waals surface area contributed by atoms with Gasteiger partial charge in [-0.05, 0) is 32.0 Å². The number of carbonyl (C=O) groups excluding carboxylic acids is 1. The van der Waals surface area contributed by atoms with Gasteiger partial charge in [-0.2, -0.15) is 5.26 Å². The van der Waals surface area contributed by atoms with Crippen molar-refractivity contribution in [3.8, 4) is 17.6 Å². The van der Waals surface area contributed by atoms with Gasteiger partial charge in [0.05, 0.1) is 32.3 Å². The molecule has 0 radical (unpaired) electrons. The highest BCUT2D eigenvalue weighted by Crippen LogP contribution is 2.45. The lowest BCUT2D eigenvalue weighted by molar-refractivity contribution is -0.139. The van der Waals surface area contributed by atoms with E-state index in [1.165, 1.54) is 7.11 Å². The molecule has 7 heteroatoms. The minimum absolute atomic E-state index is 0.206. The molecular formula is C22H22N2O5. The predicted octanol–water partition coefficient (Wildman–Crippen LogP) is 3.85. The molecule has 29 heavy (non-hydrogen) atoms. The summed E-state index contributed by atoms with van der Waals surface area (Å²) < 4.78 is 23.7. The van der Waals surface area contributed by atoms with Crippen LogP contribution >= 0.6 is 0 Å². The SMILES string of the molecule is CCOC(=O)C1=C(C)OC(n2cccc2)=C(C#N)[C@@H]1c1ccc(OC)cc1OC. The minimum atomic E-state index is -0.717. The second kappa shape index (κ2) is 8.57. The molecule has 1 aromatic heterocycles. The molecule has 0 aliphatic carbocycles. The number of hydrogen-bond donors (Lipinski definition) is 0. The molecule has 0 unspecified atom stereocenters. The maximum atomic E-state index is 12.8. The van der Waals surface area contributed by atoms with Crippen LogP contribution in [-0.2, 0) is 14.3 Å². The molecule has 0 fully saturated rings. The largest absolute Gasteiger partial charge is 0.497 e. The molecule has 0 N–H and O–H groups in total. The maximum Gasteiger partial charge on any atom is 0.338 e. The van der Waals surface area contributed by atoms with E-state index in [1.54, 1.807) is 56.1 Å². The summed E-state index contributed by atoms with van der Waals surface area (Å²) in [6, 6.07) is 11.1. The van der Waals surface area contributed by atoms with Crippen molar-refractivity contribution in [2.45, 2.75) is 19.8 Å². The molecule has 1 aliphatic heterocycles. The van der Waals surface area contributed by atoms with Gasteiger partial charge in [-0.3, -0.25) is 4.57 Å². The molecule has 2 aromatic rings. The molecule has 3 rings (SSSR count). The molecule has 1 aliphatic rings. The van der Waals surface area contributed by atoms with Crippen molar-refractivity contribution in [1.29, 1.82) is 5.26 Å². The van der Waals surface area contributed by atoms with E-state index in [4.69, 9.17) is 18.9 Å². The Morgan fingerprint density at radius 2 is 1.97 bits per heavy atom. The smallest absolute Gasteiger partial charge is 0.338 e. The van der Waals surface area contributed by atoms with Crippen LogP contribution < -0.4 is 9.47 Å². The van der Waals surface area contributed by atoms with Crippen molar-refractivity contribution in [2.24, 2.45) is 0 Å². The lowest BCUT2D eigenvalue weighted by Crippen LogP contribution is -2.24. The van der Waals surface area contributed by atoms with E-state index in [0.717, 1.165) is 0 Å². The molecular weight excluding hydrogens is 372 g/mol. The average Bonchev–Trinajstić information content (AvgIpc) is 3.27.